The van der Waals surface area contributed by atoms with Crippen LogP contribution in [0, 0.1) is 0 Å². The average molecular weight is 380 g/mol. The van der Waals surface area contributed by atoms with E-state index in [9.17, 15) is 4.79 Å². The maximum Gasteiger partial charge on any atom is 0.222 e. The zero-order chi connectivity index (χ0) is 13.7. The standard InChI is InChI=1S/C14H19BrN2OS.ClH/c15-11-3-5-13(6-4-11)19-9-1-2-14(18)17-8-7-12(16)10-17;/h3-6,12H,1-2,7-10,16H2;1H/t12-;/m1./s1. The minimum atomic E-state index is 0. The first kappa shape index (κ1) is 17.8. The third-order valence-electron chi connectivity index (χ3n) is 3.19. The lowest BCUT2D eigenvalue weighted by atomic mass is 10.3. The fourth-order valence-corrected chi connectivity index (χ4v) is 3.23. The van der Waals surface area contributed by atoms with Crippen LogP contribution in [0.25, 0.3) is 0 Å². The van der Waals surface area contributed by atoms with Crippen LogP contribution in [0.5, 0.6) is 0 Å². The number of hydrogen-bond donors (Lipinski definition) is 1. The Morgan fingerprint density at radius 3 is 2.70 bits per heavy atom. The molecule has 1 aromatic rings. The highest BCUT2D eigenvalue weighted by Crippen LogP contribution is 2.22. The molecule has 1 aromatic carbocycles. The zero-order valence-electron chi connectivity index (χ0n) is 11.3. The monoisotopic (exact) mass is 378 g/mol. The van der Waals surface area contributed by atoms with Gasteiger partial charge in [0.25, 0.3) is 0 Å². The number of nitrogens with two attached hydrogens (primary N) is 1. The third-order valence-corrected chi connectivity index (χ3v) is 4.82. The number of amides is 1. The first-order chi connectivity index (χ1) is 9.15. The summed E-state index contributed by atoms with van der Waals surface area (Å²) in [5, 5.41) is 0. The Balaban J connectivity index is 0.00000200. The second-order valence-corrected chi connectivity index (χ2v) is 6.88. The van der Waals surface area contributed by atoms with Gasteiger partial charge >= 0.3 is 0 Å². The highest BCUT2D eigenvalue weighted by atomic mass is 79.9. The van der Waals surface area contributed by atoms with Gasteiger partial charge in [-0.25, -0.2) is 0 Å². The molecule has 1 heterocycles. The molecule has 0 radical (unpaired) electrons. The molecule has 0 unspecified atom stereocenters. The van der Waals surface area contributed by atoms with E-state index in [0.29, 0.717) is 6.42 Å². The minimum Gasteiger partial charge on any atom is -0.341 e. The molecule has 0 bridgehead atoms. The lowest BCUT2D eigenvalue weighted by Gasteiger charge is -2.15. The number of carbonyl (C=O) groups excluding carboxylic acids is 1. The van der Waals surface area contributed by atoms with Gasteiger partial charge in [-0.05, 0) is 42.9 Å². The van der Waals surface area contributed by atoms with Crippen molar-refractivity contribution in [3.05, 3.63) is 28.7 Å². The fraction of sp³-hybridized carbons (Fsp3) is 0.500. The van der Waals surface area contributed by atoms with Crippen molar-refractivity contribution in [3.63, 3.8) is 0 Å². The molecule has 0 aliphatic carbocycles. The molecule has 2 rings (SSSR count). The first-order valence-electron chi connectivity index (χ1n) is 6.57. The Bertz CT molecular complexity index is 430. The predicted octanol–water partition coefficient (Wildman–Crippen LogP) is 3.30. The van der Waals surface area contributed by atoms with E-state index in [-0.39, 0.29) is 24.4 Å². The number of rotatable bonds is 5. The van der Waals surface area contributed by atoms with Crippen LogP contribution in [0.3, 0.4) is 0 Å². The van der Waals surface area contributed by atoms with Crippen LogP contribution < -0.4 is 5.73 Å². The summed E-state index contributed by atoms with van der Waals surface area (Å²) in [4.78, 5) is 15.0. The lowest BCUT2D eigenvalue weighted by Crippen LogP contribution is -2.31. The summed E-state index contributed by atoms with van der Waals surface area (Å²) in [5.41, 5.74) is 5.80. The molecule has 1 aliphatic rings. The highest BCUT2D eigenvalue weighted by molar-refractivity contribution is 9.10. The second-order valence-electron chi connectivity index (χ2n) is 4.79. The maximum absolute atomic E-state index is 11.9. The van der Waals surface area contributed by atoms with Crippen LogP contribution in [0.15, 0.2) is 33.6 Å². The van der Waals surface area contributed by atoms with Crippen LogP contribution in [0.4, 0.5) is 0 Å². The van der Waals surface area contributed by atoms with Crippen molar-refractivity contribution in [1.82, 2.24) is 4.90 Å². The molecule has 6 heteroatoms. The number of nitrogens with zero attached hydrogens (tertiary/aromatic N) is 1. The molecule has 1 atom stereocenters. The lowest BCUT2D eigenvalue weighted by molar-refractivity contribution is -0.130. The second kappa shape index (κ2) is 8.93. The number of thioether (sulfide) groups is 1. The van der Waals surface area contributed by atoms with Crippen molar-refractivity contribution < 1.29 is 4.79 Å². The van der Waals surface area contributed by atoms with E-state index in [1.54, 1.807) is 11.8 Å². The molecule has 20 heavy (non-hydrogen) atoms. The van der Waals surface area contributed by atoms with Crippen LogP contribution in [-0.4, -0.2) is 35.7 Å². The number of hydrogen-bond acceptors (Lipinski definition) is 3. The van der Waals surface area contributed by atoms with E-state index in [1.807, 2.05) is 17.0 Å². The van der Waals surface area contributed by atoms with Gasteiger partial charge < -0.3 is 10.6 Å². The first-order valence-corrected chi connectivity index (χ1v) is 8.35. The fourth-order valence-electron chi connectivity index (χ4n) is 2.12. The summed E-state index contributed by atoms with van der Waals surface area (Å²) in [5.74, 6) is 1.23. The van der Waals surface area contributed by atoms with Gasteiger partial charge in [-0.2, -0.15) is 0 Å². The van der Waals surface area contributed by atoms with Crippen molar-refractivity contribution in [2.45, 2.75) is 30.2 Å². The number of carbonyl (C=O) groups is 1. The number of likely N-dealkylation sites (tertiary alicyclic amines) is 1. The van der Waals surface area contributed by atoms with Gasteiger partial charge in [0.2, 0.25) is 5.91 Å². The summed E-state index contributed by atoms with van der Waals surface area (Å²) in [6, 6.07) is 8.45. The Hall–Kier alpha value is -0.230. The van der Waals surface area contributed by atoms with Gasteiger partial charge in [-0.3, -0.25) is 4.79 Å². The largest absolute Gasteiger partial charge is 0.341 e. The Morgan fingerprint density at radius 2 is 2.10 bits per heavy atom. The molecule has 1 amide bonds. The summed E-state index contributed by atoms with van der Waals surface area (Å²) < 4.78 is 1.09. The van der Waals surface area contributed by atoms with Crippen LogP contribution in [0.1, 0.15) is 19.3 Å². The van der Waals surface area contributed by atoms with Crippen molar-refractivity contribution >= 4 is 46.0 Å². The van der Waals surface area contributed by atoms with E-state index < -0.39 is 0 Å². The van der Waals surface area contributed by atoms with E-state index in [1.165, 1.54) is 4.90 Å². The molecule has 1 saturated heterocycles. The molecule has 1 aliphatic heterocycles. The number of halogens is 2. The van der Waals surface area contributed by atoms with E-state index >= 15 is 0 Å². The predicted molar refractivity (Wildman–Crippen MR) is 90.5 cm³/mol. The third kappa shape index (κ3) is 5.64. The van der Waals surface area contributed by atoms with Crippen molar-refractivity contribution in [2.24, 2.45) is 5.73 Å². The molecule has 2 N–H and O–H groups in total. The SMILES string of the molecule is Cl.N[C@@H]1CCN(C(=O)CCCSc2ccc(Br)cc2)C1. The van der Waals surface area contributed by atoms with Crippen molar-refractivity contribution in [1.29, 1.82) is 0 Å². The van der Waals surface area contributed by atoms with Gasteiger partial charge in [0, 0.05) is 34.9 Å². The van der Waals surface area contributed by atoms with E-state index in [4.69, 9.17) is 5.73 Å². The molecular weight excluding hydrogens is 360 g/mol. The molecule has 1 fully saturated rings. The van der Waals surface area contributed by atoms with Gasteiger partial charge in [0.05, 0.1) is 0 Å². The Labute approximate surface area is 139 Å². The maximum atomic E-state index is 11.9. The minimum absolute atomic E-state index is 0. The van der Waals surface area contributed by atoms with Gasteiger partial charge in [-0.15, -0.1) is 24.2 Å². The van der Waals surface area contributed by atoms with Crippen molar-refractivity contribution in [2.75, 3.05) is 18.8 Å². The molecule has 0 aromatic heterocycles. The molecular formula is C14H20BrClN2OS. The normalized spacial score (nSPS) is 17.9. The van der Waals surface area contributed by atoms with E-state index in [0.717, 1.165) is 36.2 Å². The molecule has 112 valence electrons. The topological polar surface area (TPSA) is 46.3 Å². The Kier molecular flexibility index (Phi) is 7.95. The summed E-state index contributed by atoms with van der Waals surface area (Å²) in [7, 11) is 0. The van der Waals surface area contributed by atoms with Gasteiger partial charge in [0.1, 0.15) is 0 Å². The summed E-state index contributed by atoms with van der Waals surface area (Å²) in [6.07, 6.45) is 2.50. The summed E-state index contributed by atoms with van der Waals surface area (Å²) >= 11 is 5.22. The average Bonchev–Trinajstić information content (AvgIpc) is 2.83. The highest BCUT2D eigenvalue weighted by Gasteiger charge is 2.22. The smallest absolute Gasteiger partial charge is 0.222 e. The van der Waals surface area contributed by atoms with Gasteiger partial charge in [0.15, 0.2) is 0 Å². The summed E-state index contributed by atoms with van der Waals surface area (Å²) in [6.45, 7) is 1.57. The number of benzene rings is 1. The van der Waals surface area contributed by atoms with Crippen molar-refractivity contribution in [3.8, 4) is 0 Å². The zero-order valence-corrected chi connectivity index (χ0v) is 14.5. The molecule has 0 spiro atoms. The van der Waals surface area contributed by atoms with Crippen LogP contribution in [-0.2, 0) is 4.79 Å². The quantitative estimate of drug-likeness (QED) is 0.630. The molecule has 3 nitrogen and oxygen atoms in total. The van der Waals surface area contributed by atoms with Crippen LogP contribution in [0.2, 0.25) is 0 Å². The molecule has 0 saturated carbocycles. The van der Waals surface area contributed by atoms with E-state index in [2.05, 4.69) is 28.1 Å². The van der Waals surface area contributed by atoms with Gasteiger partial charge in [-0.1, -0.05) is 15.9 Å². The van der Waals surface area contributed by atoms with Crippen LogP contribution >= 0.6 is 40.1 Å². The Morgan fingerprint density at radius 1 is 1.40 bits per heavy atom.